The van der Waals surface area contributed by atoms with Crippen molar-refractivity contribution in [2.45, 2.75) is 37.6 Å². The number of rotatable bonds is 10. The van der Waals surface area contributed by atoms with Crippen LogP contribution in [-0.4, -0.2) is 73.2 Å². The van der Waals surface area contributed by atoms with Gasteiger partial charge in [-0.15, -0.1) is 0 Å². The van der Waals surface area contributed by atoms with Gasteiger partial charge < -0.3 is 35.3 Å². The van der Waals surface area contributed by atoms with Crippen molar-refractivity contribution in [1.82, 2.24) is 15.3 Å². The first-order valence-corrected chi connectivity index (χ1v) is 14.4. The van der Waals surface area contributed by atoms with Crippen LogP contribution >= 0.6 is 11.6 Å². The van der Waals surface area contributed by atoms with Crippen molar-refractivity contribution in [2.24, 2.45) is 5.41 Å². The van der Waals surface area contributed by atoms with Crippen LogP contribution in [0.15, 0.2) is 48.5 Å². The Hall–Kier alpha value is -3.81. The number of aliphatic carboxylic acids is 1. The zero-order valence-electron chi connectivity index (χ0n) is 23.9. The Balaban J connectivity index is 1.40. The lowest BCUT2D eigenvalue weighted by Crippen LogP contribution is -2.41. The van der Waals surface area contributed by atoms with Crippen LogP contribution in [0.3, 0.4) is 0 Å². The molecule has 10 nitrogen and oxygen atoms in total. The number of aromatic nitrogens is 2. The molecule has 2 saturated heterocycles. The molecule has 5 rings (SSSR count). The number of nitrogens with zero attached hydrogens (tertiary/aromatic N) is 3. The van der Waals surface area contributed by atoms with E-state index in [-0.39, 0.29) is 40.0 Å². The van der Waals surface area contributed by atoms with Crippen molar-refractivity contribution in [3.63, 3.8) is 0 Å². The third-order valence-corrected chi connectivity index (χ3v) is 8.28. The Bertz CT molecular complexity index is 1490. The number of anilines is 2. The van der Waals surface area contributed by atoms with Gasteiger partial charge in [0.2, 0.25) is 17.9 Å². The van der Waals surface area contributed by atoms with Crippen molar-refractivity contribution in [2.75, 3.05) is 50.6 Å². The molecule has 1 aromatic heterocycles. The molecule has 44 heavy (non-hydrogen) atoms. The van der Waals surface area contributed by atoms with E-state index in [1.807, 2.05) is 4.90 Å². The van der Waals surface area contributed by atoms with E-state index in [4.69, 9.17) is 31.5 Å². The highest BCUT2D eigenvalue weighted by molar-refractivity contribution is 6.30. The van der Waals surface area contributed by atoms with Crippen molar-refractivity contribution in [1.29, 1.82) is 0 Å². The predicted octanol–water partition coefficient (Wildman–Crippen LogP) is 5.12. The SMILES string of the molecule is COCCOc1cccc(-c2cc(Cl)ccc2[C@@H](Oc2cc(N3CCC4(CC3)CN[C@H](C(=O)O)C4)nc(N)n2)C(F)(F)F)c1. The number of carboxylic acid groups (broad SMARTS) is 1. The lowest BCUT2D eigenvalue weighted by molar-refractivity contribution is -0.198. The molecule has 1 spiro atoms. The topological polar surface area (TPSA) is 132 Å². The standard InChI is InChI=1S/C30H33ClF3N5O5/c1-42-11-12-43-20-4-2-3-18(13-20)22-14-19(31)5-6-21(22)26(30(32,33)34)44-25-15-24(37-28(35)38-25)39-9-7-29(8-10-39)16-23(27(40)41)36-17-29/h2-6,13-15,23,26,36H,7-12,16-17H2,1H3,(H,40,41)(H2,35,37,38)/t23-,26+/m0/s1. The fourth-order valence-electron chi connectivity index (χ4n) is 5.77. The molecule has 4 N–H and O–H groups in total. The number of methoxy groups -OCH3 is 1. The van der Waals surface area contributed by atoms with Gasteiger partial charge in [-0.05, 0) is 60.1 Å². The summed E-state index contributed by atoms with van der Waals surface area (Å²) in [6.45, 7) is 2.26. The first-order valence-electron chi connectivity index (χ1n) is 14.1. The molecule has 3 aromatic rings. The van der Waals surface area contributed by atoms with Gasteiger partial charge in [-0.2, -0.15) is 23.1 Å². The van der Waals surface area contributed by atoms with Gasteiger partial charge in [0.25, 0.3) is 0 Å². The van der Waals surface area contributed by atoms with E-state index < -0.39 is 24.3 Å². The summed E-state index contributed by atoms with van der Waals surface area (Å²) in [5, 5.41) is 12.7. The fourth-order valence-corrected chi connectivity index (χ4v) is 5.94. The second-order valence-corrected chi connectivity index (χ2v) is 11.5. The number of carboxylic acids is 1. The smallest absolute Gasteiger partial charge is 0.429 e. The molecule has 236 valence electrons. The fraction of sp³-hybridized carbons (Fsp3) is 0.433. The van der Waals surface area contributed by atoms with Gasteiger partial charge in [-0.25, -0.2) is 0 Å². The maximum Gasteiger partial charge on any atom is 0.429 e. The van der Waals surface area contributed by atoms with Crippen molar-refractivity contribution in [3.05, 3.63) is 59.1 Å². The summed E-state index contributed by atoms with van der Waals surface area (Å²) in [5.74, 6) is -0.647. The summed E-state index contributed by atoms with van der Waals surface area (Å²) in [6.07, 6.45) is -5.33. The number of piperidine rings is 1. The van der Waals surface area contributed by atoms with Gasteiger partial charge in [0, 0.05) is 43.4 Å². The number of carbonyl (C=O) groups is 1. The summed E-state index contributed by atoms with van der Waals surface area (Å²) >= 11 is 6.24. The van der Waals surface area contributed by atoms with Gasteiger partial charge in [0.05, 0.1) is 6.61 Å². The Labute approximate surface area is 257 Å². The van der Waals surface area contributed by atoms with Crippen LogP contribution < -0.4 is 25.4 Å². The average Bonchev–Trinajstić information content (AvgIpc) is 3.40. The van der Waals surface area contributed by atoms with Crippen LogP contribution in [0.2, 0.25) is 5.02 Å². The maximum absolute atomic E-state index is 14.7. The average molecular weight is 636 g/mol. The van der Waals surface area contributed by atoms with Gasteiger partial charge in [-0.1, -0.05) is 29.8 Å². The van der Waals surface area contributed by atoms with Crippen LogP contribution in [0, 0.1) is 5.41 Å². The Morgan fingerprint density at radius 1 is 1.18 bits per heavy atom. The van der Waals surface area contributed by atoms with Gasteiger partial charge in [-0.3, -0.25) is 4.79 Å². The molecule has 14 heteroatoms. The van der Waals surface area contributed by atoms with E-state index in [2.05, 4.69) is 15.3 Å². The minimum Gasteiger partial charge on any atom is -0.491 e. The number of alkyl halides is 3. The summed E-state index contributed by atoms with van der Waals surface area (Å²) in [7, 11) is 1.54. The summed E-state index contributed by atoms with van der Waals surface area (Å²) in [4.78, 5) is 21.5. The van der Waals surface area contributed by atoms with Crippen LogP contribution in [0.25, 0.3) is 11.1 Å². The highest BCUT2D eigenvalue weighted by Crippen LogP contribution is 2.44. The third-order valence-electron chi connectivity index (χ3n) is 8.05. The van der Waals surface area contributed by atoms with E-state index in [1.165, 1.54) is 31.4 Å². The molecule has 2 atom stereocenters. The Morgan fingerprint density at radius 3 is 2.64 bits per heavy atom. The predicted molar refractivity (Wildman–Crippen MR) is 158 cm³/mol. The van der Waals surface area contributed by atoms with Crippen LogP contribution in [-0.2, 0) is 9.53 Å². The second kappa shape index (κ2) is 13.0. The molecular formula is C30H33ClF3N5O5. The monoisotopic (exact) mass is 635 g/mol. The minimum atomic E-state index is -4.83. The molecule has 0 saturated carbocycles. The number of nitrogens with two attached hydrogens (primary N) is 1. The molecule has 0 aliphatic carbocycles. The van der Waals surface area contributed by atoms with Crippen LogP contribution in [0.5, 0.6) is 11.6 Å². The zero-order valence-corrected chi connectivity index (χ0v) is 24.7. The van der Waals surface area contributed by atoms with E-state index in [9.17, 15) is 23.1 Å². The van der Waals surface area contributed by atoms with Crippen molar-refractivity contribution >= 4 is 29.3 Å². The molecule has 2 aliphatic rings. The number of nitrogens with one attached hydrogen (secondary N) is 1. The first kappa shape index (κ1) is 31.6. The molecule has 0 amide bonds. The molecule has 2 aliphatic heterocycles. The summed E-state index contributed by atoms with van der Waals surface area (Å²) < 4.78 is 60.2. The van der Waals surface area contributed by atoms with Gasteiger partial charge >= 0.3 is 12.1 Å². The number of nitrogen functional groups attached to an aromatic ring is 1. The first-order chi connectivity index (χ1) is 21.0. The molecule has 2 fully saturated rings. The van der Waals surface area contributed by atoms with Gasteiger partial charge in [0.1, 0.15) is 24.2 Å². The largest absolute Gasteiger partial charge is 0.491 e. The van der Waals surface area contributed by atoms with E-state index in [0.717, 1.165) is 0 Å². The number of ether oxygens (including phenoxy) is 3. The Morgan fingerprint density at radius 2 is 1.95 bits per heavy atom. The Kier molecular flexibility index (Phi) is 9.37. The number of benzene rings is 2. The third kappa shape index (κ3) is 7.28. The molecule has 2 aromatic carbocycles. The lowest BCUT2D eigenvalue weighted by atomic mass is 9.76. The number of hydrogen-bond acceptors (Lipinski definition) is 9. The van der Waals surface area contributed by atoms with E-state index in [0.29, 0.717) is 62.6 Å². The zero-order chi connectivity index (χ0) is 31.5. The minimum absolute atomic E-state index is 0.157. The highest BCUT2D eigenvalue weighted by atomic mass is 35.5. The normalized spacial score (nSPS) is 18.8. The lowest BCUT2D eigenvalue weighted by Gasteiger charge is -2.39. The van der Waals surface area contributed by atoms with E-state index >= 15 is 0 Å². The van der Waals surface area contributed by atoms with Crippen molar-refractivity contribution < 1.29 is 37.3 Å². The van der Waals surface area contributed by atoms with Crippen LogP contribution in [0.4, 0.5) is 24.9 Å². The quantitative estimate of drug-likeness (QED) is 0.258. The number of halogens is 4. The molecule has 0 bridgehead atoms. The maximum atomic E-state index is 14.7. The molecule has 0 radical (unpaired) electrons. The molecular weight excluding hydrogens is 603 g/mol. The molecule has 0 unspecified atom stereocenters. The molecule has 3 heterocycles. The number of hydrogen-bond donors (Lipinski definition) is 3. The van der Waals surface area contributed by atoms with Gasteiger partial charge in [0.15, 0.2) is 0 Å². The van der Waals surface area contributed by atoms with E-state index in [1.54, 1.807) is 24.3 Å². The highest BCUT2D eigenvalue weighted by Gasteiger charge is 2.46. The summed E-state index contributed by atoms with van der Waals surface area (Å²) in [6, 6.07) is 11.5. The van der Waals surface area contributed by atoms with Crippen LogP contribution in [0.1, 0.15) is 30.9 Å². The van der Waals surface area contributed by atoms with Crippen molar-refractivity contribution in [3.8, 4) is 22.8 Å². The summed E-state index contributed by atoms with van der Waals surface area (Å²) in [5.41, 5.74) is 6.28. The second-order valence-electron chi connectivity index (χ2n) is 11.0.